The average Bonchev–Trinajstić information content (AvgIpc) is 3.36. The van der Waals surface area contributed by atoms with Crippen LogP contribution in [0, 0.1) is 6.92 Å². The average molecular weight is 601 g/mol. The summed E-state index contributed by atoms with van der Waals surface area (Å²) in [7, 11) is 4.84. The zero-order valence-corrected chi connectivity index (χ0v) is 25.6. The smallest absolute Gasteiger partial charge is 0.240 e. The first-order chi connectivity index (χ1) is 20.9. The van der Waals surface area contributed by atoms with E-state index in [0.29, 0.717) is 36.9 Å². The third kappa shape index (κ3) is 6.55. The van der Waals surface area contributed by atoms with Crippen LogP contribution in [0.25, 0.3) is 16.9 Å². The fourth-order valence-electron chi connectivity index (χ4n) is 5.19. The van der Waals surface area contributed by atoms with Crippen molar-refractivity contribution in [3.8, 4) is 28.4 Å². The molecule has 224 valence electrons. The molecule has 3 aromatic carbocycles. The molecule has 4 aromatic rings. The van der Waals surface area contributed by atoms with Crippen LogP contribution in [-0.4, -0.2) is 68.4 Å². The maximum absolute atomic E-state index is 13.9. The first-order valence-electron chi connectivity index (χ1n) is 14.1. The van der Waals surface area contributed by atoms with Crippen molar-refractivity contribution in [3.05, 3.63) is 89.5 Å². The molecule has 1 aliphatic heterocycles. The zero-order valence-electron chi connectivity index (χ0n) is 24.8. The van der Waals surface area contributed by atoms with Gasteiger partial charge in [-0.1, -0.05) is 48.5 Å². The van der Waals surface area contributed by atoms with Gasteiger partial charge in [-0.2, -0.15) is 5.10 Å². The molecule has 0 fully saturated rings. The fourth-order valence-corrected chi connectivity index (χ4v) is 6.38. The molecule has 0 aliphatic carbocycles. The van der Waals surface area contributed by atoms with E-state index in [4.69, 9.17) is 19.3 Å². The number of aryl methyl sites for hydroxylation is 1. The monoisotopic (exact) mass is 600 g/mol. The maximum atomic E-state index is 13.9. The zero-order chi connectivity index (χ0) is 30.3. The summed E-state index contributed by atoms with van der Waals surface area (Å²) in [5.41, 5.74) is 5.29. The Morgan fingerprint density at radius 2 is 1.79 bits per heavy atom. The number of anilines is 1. The Bertz CT molecular complexity index is 1590. The highest BCUT2D eigenvalue weighted by atomic mass is 32.2. The second kappa shape index (κ2) is 13.8. The molecule has 2 heterocycles. The number of ether oxygens (including phenoxy) is 3. The Labute approximate surface area is 256 Å². The summed E-state index contributed by atoms with van der Waals surface area (Å²) in [5, 5.41) is 7.80. The molecule has 2 amide bonds. The van der Waals surface area contributed by atoms with Crippen LogP contribution < -0.4 is 19.7 Å². The first-order valence-corrected chi connectivity index (χ1v) is 15.1. The van der Waals surface area contributed by atoms with E-state index in [9.17, 15) is 9.59 Å². The number of methoxy groups -OCH3 is 3. The summed E-state index contributed by atoms with van der Waals surface area (Å²) in [6.45, 7) is 2.88. The van der Waals surface area contributed by atoms with Crippen LogP contribution in [0.3, 0.4) is 0 Å². The number of carbonyl (C=O) groups is 2. The second-order valence-corrected chi connectivity index (χ2v) is 11.3. The van der Waals surface area contributed by atoms with Crippen molar-refractivity contribution in [1.82, 2.24) is 15.1 Å². The largest absolute Gasteiger partial charge is 0.493 e. The summed E-state index contributed by atoms with van der Waals surface area (Å²) in [5.74, 6) is 1.54. The van der Waals surface area contributed by atoms with Gasteiger partial charge in [-0.3, -0.25) is 14.5 Å². The molecule has 43 heavy (non-hydrogen) atoms. The summed E-state index contributed by atoms with van der Waals surface area (Å²) >= 11 is 1.51. The quantitative estimate of drug-likeness (QED) is 0.237. The molecule has 0 radical (unpaired) electrons. The fraction of sp³-hybridized carbons (Fsp3) is 0.303. The van der Waals surface area contributed by atoms with Crippen LogP contribution in [0.5, 0.6) is 11.5 Å². The van der Waals surface area contributed by atoms with E-state index in [1.54, 1.807) is 30.9 Å². The number of benzene rings is 3. The van der Waals surface area contributed by atoms with Gasteiger partial charge >= 0.3 is 0 Å². The van der Waals surface area contributed by atoms with Crippen LogP contribution >= 0.6 is 11.8 Å². The number of rotatable bonds is 11. The second-order valence-electron chi connectivity index (χ2n) is 10.2. The van der Waals surface area contributed by atoms with Crippen LogP contribution in [0.4, 0.5) is 5.82 Å². The van der Waals surface area contributed by atoms with E-state index in [-0.39, 0.29) is 29.4 Å². The highest BCUT2D eigenvalue weighted by molar-refractivity contribution is 8.00. The van der Waals surface area contributed by atoms with Crippen molar-refractivity contribution in [3.63, 3.8) is 0 Å². The number of thioether (sulfide) groups is 1. The first kappa shape index (κ1) is 30.2. The molecule has 1 N–H and O–H groups in total. The van der Waals surface area contributed by atoms with E-state index in [1.807, 2.05) is 79.7 Å². The van der Waals surface area contributed by atoms with Crippen LogP contribution in [-0.2, 0) is 14.3 Å². The van der Waals surface area contributed by atoms with E-state index < -0.39 is 0 Å². The number of nitrogens with one attached hydrogen (secondary N) is 1. The lowest BCUT2D eigenvalue weighted by molar-refractivity contribution is -0.122. The van der Waals surface area contributed by atoms with E-state index in [2.05, 4.69) is 5.32 Å². The molecule has 0 saturated heterocycles. The molecular formula is C33H36N4O5S. The van der Waals surface area contributed by atoms with E-state index in [1.165, 1.54) is 11.8 Å². The van der Waals surface area contributed by atoms with Crippen LogP contribution in [0.2, 0.25) is 0 Å². The highest BCUT2D eigenvalue weighted by Crippen LogP contribution is 2.49. The van der Waals surface area contributed by atoms with Gasteiger partial charge in [0.1, 0.15) is 12.4 Å². The number of amides is 2. The predicted molar refractivity (Wildman–Crippen MR) is 169 cm³/mol. The molecule has 10 heteroatoms. The third-order valence-electron chi connectivity index (χ3n) is 7.24. The van der Waals surface area contributed by atoms with Gasteiger partial charge in [0.25, 0.3) is 0 Å². The lowest BCUT2D eigenvalue weighted by Crippen LogP contribution is -2.42. The minimum Gasteiger partial charge on any atom is -0.493 e. The molecule has 1 aromatic heterocycles. The summed E-state index contributed by atoms with van der Waals surface area (Å²) < 4.78 is 18.1. The van der Waals surface area contributed by atoms with Crippen molar-refractivity contribution in [2.75, 3.05) is 51.7 Å². The normalized spacial score (nSPS) is 14.7. The van der Waals surface area contributed by atoms with Crippen molar-refractivity contribution in [2.45, 2.75) is 18.6 Å². The molecule has 1 aliphatic rings. The van der Waals surface area contributed by atoms with Crippen molar-refractivity contribution < 1.29 is 23.8 Å². The van der Waals surface area contributed by atoms with Crippen molar-refractivity contribution in [1.29, 1.82) is 0 Å². The third-order valence-corrected chi connectivity index (χ3v) is 8.50. The number of aromatic nitrogens is 2. The van der Waals surface area contributed by atoms with Gasteiger partial charge in [-0.05, 0) is 48.7 Å². The topological polar surface area (TPSA) is 94.9 Å². The predicted octanol–water partition coefficient (Wildman–Crippen LogP) is 5.19. The Balaban J connectivity index is 1.73. The standard InChI is InChI=1S/C33H36N4O5S/c1-22-10-8-13-25(18-22)37-33-30(31(35-37)23-11-6-5-7-12-23)32(24-14-15-26(41-3)27(19-24)42-4)43-21-29(39)36(33)20-28(38)34-16-9-17-40-2/h5-8,10-15,18-19,32H,9,16-17,20-21H2,1-4H3,(H,34,38)/t32-/m0/s1. The molecule has 5 rings (SSSR count). The van der Waals surface area contributed by atoms with E-state index in [0.717, 1.165) is 33.6 Å². The summed E-state index contributed by atoms with van der Waals surface area (Å²) in [6.07, 6.45) is 0.679. The lowest BCUT2D eigenvalue weighted by atomic mass is 9.99. The number of hydrogen-bond acceptors (Lipinski definition) is 7. The Morgan fingerprint density at radius 1 is 1.00 bits per heavy atom. The van der Waals surface area contributed by atoms with Gasteiger partial charge in [0.05, 0.1) is 36.6 Å². The molecule has 0 spiro atoms. The van der Waals surface area contributed by atoms with Crippen LogP contribution in [0.1, 0.15) is 28.4 Å². The minimum absolute atomic E-state index is 0.135. The van der Waals surface area contributed by atoms with Crippen molar-refractivity contribution >= 4 is 29.4 Å². The number of fused-ring (bicyclic) bond motifs is 1. The maximum Gasteiger partial charge on any atom is 0.240 e. The number of carbonyl (C=O) groups excluding carboxylic acids is 2. The Hall–Kier alpha value is -4.28. The summed E-state index contributed by atoms with van der Waals surface area (Å²) in [6, 6.07) is 23.7. The molecule has 0 unspecified atom stereocenters. The van der Waals surface area contributed by atoms with Gasteiger partial charge < -0.3 is 19.5 Å². The highest BCUT2D eigenvalue weighted by Gasteiger charge is 2.38. The Morgan fingerprint density at radius 3 is 2.51 bits per heavy atom. The molecule has 9 nitrogen and oxygen atoms in total. The van der Waals surface area contributed by atoms with E-state index >= 15 is 0 Å². The molecular weight excluding hydrogens is 564 g/mol. The molecule has 1 atom stereocenters. The number of hydrogen-bond donors (Lipinski definition) is 1. The molecule has 0 bridgehead atoms. The van der Waals surface area contributed by atoms with Crippen LogP contribution in [0.15, 0.2) is 72.8 Å². The minimum atomic E-state index is -0.290. The van der Waals surface area contributed by atoms with Gasteiger partial charge in [0.2, 0.25) is 11.8 Å². The lowest BCUT2D eigenvalue weighted by Gasteiger charge is -2.23. The Kier molecular flexibility index (Phi) is 9.68. The van der Waals surface area contributed by atoms with Gasteiger partial charge in [0.15, 0.2) is 11.5 Å². The van der Waals surface area contributed by atoms with Gasteiger partial charge in [-0.15, -0.1) is 11.8 Å². The summed E-state index contributed by atoms with van der Waals surface area (Å²) in [4.78, 5) is 28.7. The SMILES string of the molecule is COCCCNC(=O)CN1C(=O)CS[C@@H](c2ccc(OC)c(OC)c2)c2c(-c3ccccc3)nn(-c3cccc(C)c3)c21. The van der Waals surface area contributed by atoms with Crippen molar-refractivity contribution in [2.24, 2.45) is 0 Å². The number of nitrogens with zero attached hydrogens (tertiary/aromatic N) is 3. The molecule has 0 saturated carbocycles. The van der Waals surface area contributed by atoms with Gasteiger partial charge in [0, 0.05) is 31.4 Å². The van der Waals surface area contributed by atoms with Gasteiger partial charge in [-0.25, -0.2) is 4.68 Å².